The summed E-state index contributed by atoms with van der Waals surface area (Å²) in [5, 5.41) is 3.34. The first-order valence-electron chi connectivity index (χ1n) is 10.7. The number of carbonyl (C=O) groups excluding carboxylic acids is 2. The van der Waals surface area contributed by atoms with Crippen LogP contribution in [0.1, 0.15) is 64.2 Å². The van der Waals surface area contributed by atoms with Gasteiger partial charge in [0.15, 0.2) is 0 Å². The summed E-state index contributed by atoms with van der Waals surface area (Å²) in [4.78, 5) is 28.4. The molecule has 2 heterocycles. The van der Waals surface area contributed by atoms with Crippen LogP contribution in [-0.2, 0) is 9.59 Å². The minimum absolute atomic E-state index is 0.0902. The molecule has 0 aromatic heterocycles. The van der Waals surface area contributed by atoms with Crippen molar-refractivity contribution >= 4 is 11.8 Å². The van der Waals surface area contributed by atoms with Gasteiger partial charge in [0.05, 0.1) is 6.54 Å². The lowest BCUT2D eigenvalue weighted by atomic mass is 9.94. The molecule has 3 rings (SSSR count). The molecule has 0 aromatic carbocycles. The van der Waals surface area contributed by atoms with Crippen LogP contribution in [-0.4, -0.2) is 66.4 Å². The van der Waals surface area contributed by atoms with E-state index in [1.54, 1.807) is 0 Å². The molecule has 2 amide bonds. The van der Waals surface area contributed by atoms with Gasteiger partial charge in [-0.2, -0.15) is 0 Å². The molecule has 6 heteroatoms. The fourth-order valence-corrected chi connectivity index (χ4v) is 4.97. The fraction of sp³-hybridized carbons (Fsp3) is 0.900. The van der Waals surface area contributed by atoms with Gasteiger partial charge in [-0.05, 0) is 58.2 Å². The van der Waals surface area contributed by atoms with Crippen molar-refractivity contribution in [3.05, 3.63) is 0 Å². The van der Waals surface area contributed by atoms with Crippen molar-refractivity contribution in [2.24, 2.45) is 11.7 Å². The quantitative estimate of drug-likeness (QED) is 0.725. The number of primary amides is 1. The Morgan fingerprint density at radius 3 is 2.23 bits per heavy atom. The summed E-state index contributed by atoms with van der Waals surface area (Å²) in [5.74, 6) is 0.0255. The van der Waals surface area contributed by atoms with Crippen LogP contribution in [0.5, 0.6) is 0 Å². The Balaban J connectivity index is 1.43. The second-order valence-corrected chi connectivity index (χ2v) is 8.50. The van der Waals surface area contributed by atoms with Crippen LogP contribution >= 0.6 is 0 Å². The Labute approximate surface area is 157 Å². The van der Waals surface area contributed by atoms with Crippen LogP contribution in [0, 0.1) is 5.92 Å². The predicted molar refractivity (Wildman–Crippen MR) is 103 cm³/mol. The van der Waals surface area contributed by atoms with Gasteiger partial charge in [0.25, 0.3) is 0 Å². The lowest BCUT2D eigenvalue weighted by Crippen LogP contribution is -2.52. The van der Waals surface area contributed by atoms with Crippen molar-refractivity contribution in [3.8, 4) is 0 Å². The highest BCUT2D eigenvalue weighted by molar-refractivity contribution is 5.79. The van der Waals surface area contributed by atoms with Crippen LogP contribution in [0.3, 0.4) is 0 Å². The lowest BCUT2D eigenvalue weighted by Gasteiger charge is -2.39. The molecule has 1 atom stereocenters. The molecular formula is C20H36N4O2. The van der Waals surface area contributed by atoms with E-state index in [4.69, 9.17) is 5.73 Å². The zero-order valence-corrected chi connectivity index (χ0v) is 16.1. The third kappa shape index (κ3) is 5.68. The van der Waals surface area contributed by atoms with Crippen LogP contribution in [0.2, 0.25) is 0 Å². The Morgan fingerprint density at radius 1 is 0.885 bits per heavy atom. The molecule has 0 radical (unpaired) electrons. The van der Waals surface area contributed by atoms with E-state index in [9.17, 15) is 9.59 Å². The topological polar surface area (TPSA) is 78.7 Å². The molecule has 0 aromatic rings. The fourth-order valence-electron chi connectivity index (χ4n) is 4.97. The molecule has 6 nitrogen and oxygen atoms in total. The van der Waals surface area contributed by atoms with Crippen molar-refractivity contribution in [1.29, 1.82) is 0 Å². The van der Waals surface area contributed by atoms with Crippen molar-refractivity contribution in [2.45, 2.75) is 76.3 Å². The van der Waals surface area contributed by atoms with E-state index in [-0.39, 0.29) is 17.7 Å². The van der Waals surface area contributed by atoms with E-state index < -0.39 is 0 Å². The zero-order valence-electron chi connectivity index (χ0n) is 16.1. The van der Waals surface area contributed by atoms with Crippen LogP contribution < -0.4 is 11.1 Å². The maximum atomic E-state index is 12.7. The van der Waals surface area contributed by atoms with E-state index in [0.29, 0.717) is 12.6 Å². The molecule has 0 spiro atoms. The highest BCUT2D eigenvalue weighted by Crippen LogP contribution is 2.25. The van der Waals surface area contributed by atoms with Gasteiger partial charge in [0.1, 0.15) is 0 Å². The number of nitrogens with zero attached hydrogens (tertiary/aromatic N) is 2. The van der Waals surface area contributed by atoms with Gasteiger partial charge < -0.3 is 11.1 Å². The van der Waals surface area contributed by atoms with Crippen molar-refractivity contribution < 1.29 is 9.59 Å². The first-order chi connectivity index (χ1) is 12.6. The summed E-state index contributed by atoms with van der Waals surface area (Å²) in [6.45, 7) is 4.12. The van der Waals surface area contributed by atoms with Gasteiger partial charge in [-0.3, -0.25) is 19.4 Å². The summed E-state index contributed by atoms with van der Waals surface area (Å²) in [5.41, 5.74) is 5.26. The Morgan fingerprint density at radius 2 is 1.58 bits per heavy atom. The first kappa shape index (κ1) is 19.6. The monoisotopic (exact) mass is 364 g/mol. The number of piperidine rings is 2. The Hall–Kier alpha value is -1.14. The molecule has 26 heavy (non-hydrogen) atoms. The van der Waals surface area contributed by atoms with Gasteiger partial charge in [-0.1, -0.05) is 25.7 Å². The number of rotatable bonds is 5. The average molecular weight is 365 g/mol. The smallest absolute Gasteiger partial charge is 0.231 e. The number of likely N-dealkylation sites (tertiary alicyclic amines) is 2. The van der Waals surface area contributed by atoms with Crippen molar-refractivity contribution in [2.75, 3.05) is 32.7 Å². The number of amides is 2. The third-order valence-corrected chi connectivity index (χ3v) is 6.48. The molecule has 148 valence electrons. The second kappa shape index (κ2) is 9.70. The maximum Gasteiger partial charge on any atom is 0.231 e. The SMILES string of the molecule is NC(=O)CN1CCC(C(=O)NC2CCCN(C3CCCCCC3)C2)CC1. The van der Waals surface area contributed by atoms with Crippen LogP contribution in [0.25, 0.3) is 0 Å². The van der Waals surface area contributed by atoms with E-state index in [2.05, 4.69) is 15.1 Å². The molecule has 1 saturated carbocycles. The number of carbonyl (C=O) groups is 2. The molecule has 2 saturated heterocycles. The van der Waals surface area contributed by atoms with Crippen LogP contribution in [0.4, 0.5) is 0 Å². The standard InChI is InChI=1S/C20H36N4O2/c21-19(25)15-23-12-9-16(10-13-23)20(26)22-17-6-5-11-24(14-17)18-7-3-1-2-4-8-18/h16-18H,1-15H2,(H2,21,25)(H,22,26). The normalized spacial score (nSPS) is 27.8. The molecule has 3 aliphatic rings. The average Bonchev–Trinajstić information content (AvgIpc) is 2.91. The molecule has 1 unspecified atom stereocenters. The van der Waals surface area contributed by atoms with Crippen molar-refractivity contribution in [3.63, 3.8) is 0 Å². The van der Waals surface area contributed by atoms with Crippen LogP contribution in [0.15, 0.2) is 0 Å². The first-order valence-corrected chi connectivity index (χ1v) is 10.7. The van der Waals surface area contributed by atoms with E-state index in [0.717, 1.165) is 44.9 Å². The lowest BCUT2D eigenvalue weighted by molar-refractivity contribution is -0.127. The summed E-state index contributed by atoms with van der Waals surface area (Å²) >= 11 is 0. The molecule has 0 bridgehead atoms. The second-order valence-electron chi connectivity index (χ2n) is 8.50. The molecule has 2 aliphatic heterocycles. The van der Waals surface area contributed by atoms with Gasteiger partial charge >= 0.3 is 0 Å². The highest BCUT2D eigenvalue weighted by Gasteiger charge is 2.30. The number of nitrogens with two attached hydrogens (primary N) is 1. The van der Waals surface area contributed by atoms with E-state index in [1.165, 1.54) is 51.5 Å². The summed E-state index contributed by atoms with van der Waals surface area (Å²) < 4.78 is 0. The molecule has 1 aliphatic carbocycles. The molecular weight excluding hydrogens is 328 g/mol. The minimum atomic E-state index is -0.284. The predicted octanol–water partition coefficient (Wildman–Crippen LogP) is 1.49. The minimum Gasteiger partial charge on any atom is -0.369 e. The zero-order chi connectivity index (χ0) is 18.4. The summed E-state index contributed by atoms with van der Waals surface area (Å²) in [6.07, 6.45) is 12.1. The summed E-state index contributed by atoms with van der Waals surface area (Å²) in [6, 6.07) is 1.04. The van der Waals surface area contributed by atoms with Gasteiger partial charge in [0.2, 0.25) is 11.8 Å². The molecule has 3 fully saturated rings. The molecule has 3 N–H and O–H groups in total. The Kier molecular flexibility index (Phi) is 7.32. The Bertz CT molecular complexity index is 468. The maximum absolute atomic E-state index is 12.7. The van der Waals surface area contributed by atoms with Gasteiger partial charge in [-0.15, -0.1) is 0 Å². The van der Waals surface area contributed by atoms with Gasteiger partial charge in [-0.25, -0.2) is 0 Å². The number of hydrogen-bond acceptors (Lipinski definition) is 4. The number of nitrogens with one attached hydrogen (secondary N) is 1. The highest BCUT2D eigenvalue weighted by atomic mass is 16.2. The largest absolute Gasteiger partial charge is 0.369 e. The number of hydrogen-bond donors (Lipinski definition) is 2. The van der Waals surface area contributed by atoms with Crippen molar-refractivity contribution in [1.82, 2.24) is 15.1 Å². The van der Waals surface area contributed by atoms with E-state index in [1.807, 2.05) is 0 Å². The third-order valence-electron chi connectivity index (χ3n) is 6.48. The summed E-state index contributed by atoms with van der Waals surface area (Å²) in [7, 11) is 0. The van der Waals surface area contributed by atoms with Gasteiger partial charge in [0, 0.05) is 24.5 Å². The van der Waals surface area contributed by atoms with E-state index >= 15 is 0 Å².